The van der Waals surface area contributed by atoms with Gasteiger partial charge in [-0.25, -0.2) is 0 Å². The summed E-state index contributed by atoms with van der Waals surface area (Å²) >= 11 is 0. The average Bonchev–Trinajstić information content (AvgIpc) is 2.35. The van der Waals surface area contributed by atoms with E-state index in [1.807, 2.05) is 0 Å². The van der Waals surface area contributed by atoms with Gasteiger partial charge in [-0.15, -0.1) is 0 Å². The predicted molar refractivity (Wildman–Crippen MR) is 38.0 cm³/mol. The highest BCUT2D eigenvalue weighted by atomic mass is 14.9. The summed E-state index contributed by atoms with van der Waals surface area (Å²) in [4.78, 5) is 0. The van der Waals surface area contributed by atoms with Crippen LogP contribution in [0, 0.1) is 5.92 Å². The largest absolute Gasteiger partial charge is 0.388 e. The van der Waals surface area contributed by atoms with E-state index in [9.17, 15) is 0 Å². The third kappa shape index (κ3) is 0.673. The first-order valence-electron chi connectivity index (χ1n) is 3.83. The maximum atomic E-state index is 3.45. The van der Waals surface area contributed by atoms with Gasteiger partial charge in [-0.3, -0.25) is 0 Å². The zero-order valence-corrected chi connectivity index (χ0v) is 5.91. The minimum Gasteiger partial charge on any atom is -0.388 e. The normalized spacial score (nSPS) is 32.8. The Hall–Kier alpha value is -0.460. The first kappa shape index (κ1) is 5.33. The molecule has 1 aliphatic carbocycles. The molecule has 0 aromatic carbocycles. The van der Waals surface area contributed by atoms with Crippen LogP contribution in [0.15, 0.2) is 11.3 Å². The highest BCUT2D eigenvalue weighted by molar-refractivity contribution is 5.24. The van der Waals surface area contributed by atoms with E-state index in [-0.39, 0.29) is 0 Å². The molecule has 0 amide bonds. The van der Waals surface area contributed by atoms with E-state index in [1.54, 1.807) is 11.3 Å². The van der Waals surface area contributed by atoms with Crippen molar-refractivity contribution in [2.45, 2.75) is 26.2 Å². The van der Waals surface area contributed by atoms with E-state index in [1.165, 1.54) is 25.8 Å². The van der Waals surface area contributed by atoms with Gasteiger partial charge in [-0.2, -0.15) is 0 Å². The van der Waals surface area contributed by atoms with Gasteiger partial charge in [-0.1, -0.05) is 6.92 Å². The van der Waals surface area contributed by atoms with Crippen LogP contribution in [-0.4, -0.2) is 6.54 Å². The minimum absolute atomic E-state index is 0.836. The third-order valence-corrected chi connectivity index (χ3v) is 2.50. The van der Waals surface area contributed by atoms with Gasteiger partial charge in [0.25, 0.3) is 0 Å². The molecule has 50 valence electrons. The maximum absolute atomic E-state index is 3.45. The van der Waals surface area contributed by atoms with Crippen LogP contribution in [0.25, 0.3) is 0 Å². The van der Waals surface area contributed by atoms with Crippen molar-refractivity contribution in [2.24, 2.45) is 5.92 Å². The van der Waals surface area contributed by atoms with Crippen molar-refractivity contribution in [3.63, 3.8) is 0 Å². The molecule has 2 aliphatic rings. The molecule has 1 heterocycles. The Kier molecular flexibility index (Phi) is 1.04. The van der Waals surface area contributed by atoms with Gasteiger partial charge in [0.2, 0.25) is 0 Å². The number of hydrogen-bond acceptors (Lipinski definition) is 1. The quantitative estimate of drug-likeness (QED) is 0.516. The minimum atomic E-state index is 0.836. The topological polar surface area (TPSA) is 12.0 Å². The number of hydrogen-bond donors (Lipinski definition) is 1. The summed E-state index contributed by atoms with van der Waals surface area (Å²) in [6.45, 7) is 3.52. The molecule has 0 saturated heterocycles. The Morgan fingerprint density at radius 3 is 3.11 bits per heavy atom. The van der Waals surface area contributed by atoms with Gasteiger partial charge >= 0.3 is 0 Å². The van der Waals surface area contributed by atoms with Crippen molar-refractivity contribution < 1.29 is 0 Å². The molecule has 1 atom stereocenters. The fraction of sp³-hybridized carbons (Fsp3) is 0.750. The van der Waals surface area contributed by atoms with Crippen LogP contribution in [0.4, 0.5) is 0 Å². The van der Waals surface area contributed by atoms with Crippen LogP contribution < -0.4 is 5.32 Å². The Balaban J connectivity index is 2.24. The highest BCUT2D eigenvalue weighted by Crippen LogP contribution is 2.34. The van der Waals surface area contributed by atoms with Crippen LogP contribution in [0.2, 0.25) is 0 Å². The summed E-state index contributed by atoms with van der Waals surface area (Å²) in [5.41, 5.74) is 3.29. The lowest BCUT2D eigenvalue weighted by atomic mass is 10.1. The molecular formula is C8H13N. The van der Waals surface area contributed by atoms with Gasteiger partial charge in [0.15, 0.2) is 0 Å². The summed E-state index contributed by atoms with van der Waals surface area (Å²) < 4.78 is 0. The summed E-state index contributed by atoms with van der Waals surface area (Å²) in [6, 6.07) is 0. The fourth-order valence-corrected chi connectivity index (χ4v) is 1.93. The molecule has 1 aliphatic heterocycles. The van der Waals surface area contributed by atoms with Crippen LogP contribution in [0.3, 0.4) is 0 Å². The molecule has 0 radical (unpaired) electrons. The zero-order valence-electron chi connectivity index (χ0n) is 5.91. The lowest BCUT2D eigenvalue weighted by molar-refractivity contribution is 0.608. The smallest absolute Gasteiger partial charge is 0.0182 e. The van der Waals surface area contributed by atoms with Gasteiger partial charge in [-0.05, 0) is 30.8 Å². The van der Waals surface area contributed by atoms with Crippen LogP contribution in [0.5, 0.6) is 0 Å². The summed E-state index contributed by atoms with van der Waals surface area (Å²) in [5, 5.41) is 3.45. The predicted octanol–water partition coefficient (Wildman–Crippen LogP) is 1.66. The fourth-order valence-electron chi connectivity index (χ4n) is 1.93. The second-order valence-corrected chi connectivity index (χ2v) is 3.13. The lowest BCUT2D eigenvalue weighted by Gasteiger charge is -2.06. The van der Waals surface area contributed by atoms with E-state index in [0.29, 0.717) is 0 Å². The molecule has 0 aromatic rings. The molecule has 0 spiro atoms. The molecule has 9 heavy (non-hydrogen) atoms. The van der Waals surface area contributed by atoms with E-state index in [4.69, 9.17) is 0 Å². The molecule has 1 nitrogen and oxygen atoms in total. The van der Waals surface area contributed by atoms with Gasteiger partial charge in [0.1, 0.15) is 0 Å². The Morgan fingerprint density at radius 2 is 2.33 bits per heavy atom. The summed E-state index contributed by atoms with van der Waals surface area (Å²) in [5.74, 6) is 0.836. The molecule has 0 saturated carbocycles. The molecular weight excluding hydrogens is 110 g/mol. The monoisotopic (exact) mass is 123 g/mol. The number of rotatable bonds is 0. The van der Waals surface area contributed by atoms with E-state index < -0.39 is 0 Å². The molecule has 1 N–H and O–H groups in total. The Morgan fingerprint density at radius 1 is 1.44 bits per heavy atom. The highest BCUT2D eigenvalue weighted by Gasteiger charge is 2.24. The van der Waals surface area contributed by atoms with Crippen molar-refractivity contribution in [3.05, 3.63) is 11.3 Å². The third-order valence-electron chi connectivity index (χ3n) is 2.50. The van der Waals surface area contributed by atoms with Crippen molar-refractivity contribution >= 4 is 0 Å². The van der Waals surface area contributed by atoms with Gasteiger partial charge < -0.3 is 5.32 Å². The number of nitrogens with one attached hydrogen (secondary N) is 1. The van der Waals surface area contributed by atoms with E-state index >= 15 is 0 Å². The van der Waals surface area contributed by atoms with Crippen LogP contribution in [0.1, 0.15) is 26.2 Å². The van der Waals surface area contributed by atoms with Crippen LogP contribution in [-0.2, 0) is 0 Å². The van der Waals surface area contributed by atoms with Gasteiger partial charge in [0.05, 0.1) is 0 Å². The van der Waals surface area contributed by atoms with E-state index in [0.717, 1.165) is 5.92 Å². The molecule has 0 unspecified atom stereocenters. The second kappa shape index (κ2) is 1.76. The SMILES string of the molecule is C[C@@H]1CCC2=C1NCC2. The molecule has 0 aromatic heterocycles. The standard InChI is InChI=1S/C8H13N/c1-6-2-3-7-4-5-9-8(6)7/h6,9H,2-5H2,1H3/t6-/m1/s1. The number of allylic oxidation sites excluding steroid dienone is 1. The summed E-state index contributed by atoms with van der Waals surface area (Å²) in [6.07, 6.45) is 4.07. The average molecular weight is 123 g/mol. The van der Waals surface area contributed by atoms with Crippen LogP contribution >= 0.6 is 0 Å². The molecule has 1 heteroatoms. The first-order chi connectivity index (χ1) is 4.38. The maximum Gasteiger partial charge on any atom is 0.0182 e. The second-order valence-electron chi connectivity index (χ2n) is 3.13. The first-order valence-corrected chi connectivity index (χ1v) is 3.83. The Labute approximate surface area is 56.1 Å². The van der Waals surface area contributed by atoms with Crippen molar-refractivity contribution in [1.29, 1.82) is 0 Å². The van der Waals surface area contributed by atoms with E-state index in [2.05, 4.69) is 12.2 Å². The lowest BCUT2D eigenvalue weighted by Crippen LogP contribution is -2.12. The van der Waals surface area contributed by atoms with Crippen molar-refractivity contribution in [3.8, 4) is 0 Å². The van der Waals surface area contributed by atoms with Crippen molar-refractivity contribution in [1.82, 2.24) is 5.32 Å². The Bertz CT molecular complexity index is 158. The van der Waals surface area contributed by atoms with Gasteiger partial charge in [0, 0.05) is 12.2 Å². The molecule has 0 fully saturated rings. The zero-order chi connectivity index (χ0) is 6.27. The van der Waals surface area contributed by atoms with Crippen molar-refractivity contribution in [2.75, 3.05) is 6.54 Å². The molecule has 2 rings (SSSR count). The molecule has 0 bridgehead atoms. The summed E-state index contributed by atoms with van der Waals surface area (Å²) in [7, 11) is 0.